The van der Waals surface area contributed by atoms with Crippen LogP contribution in [0.3, 0.4) is 0 Å². The predicted molar refractivity (Wildman–Crippen MR) is 124 cm³/mol. The minimum Gasteiger partial charge on any atom is -0.492 e. The quantitative estimate of drug-likeness (QED) is 0.568. The molecule has 0 bridgehead atoms. The molecule has 1 aromatic heterocycles. The number of hydrogen-bond donors (Lipinski definition) is 1. The number of ketones is 1. The fourth-order valence-corrected chi connectivity index (χ4v) is 3.85. The molecule has 1 aromatic carbocycles. The van der Waals surface area contributed by atoms with Crippen molar-refractivity contribution in [3.63, 3.8) is 0 Å². The van der Waals surface area contributed by atoms with Crippen molar-refractivity contribution in [1.82, 2.24) is 18.9 Å². The van der Waals surface area contributed by atoms with E-state index in [0.717, 1.165) is 30.0 Å². The molecule has 3 rings (SSSR count). The van der Waals surface area contributed by atoms with Gasteiger partial charge in [-0.1, -0.05) is 32.0 Å². The summed E-state index contributed by atoms with van der Waals surface area (Å²) in [6.45, 7) is 8.81. The normalized spacial score (nSPS) is 15.2. The number of hydrogen-bond acceptors (Lipinski definition) is 7. The number of aromatic nitrogens is 2. The van der Waals surface area contributed by atoms with Gasteiger partial charge in [-0.15, -0.1) is 0 Å². The number of nitrogen functional groups attached to an aromatic ring is 1. The highest BCUT2D eigenvalue weighted by Crippen LogP contribution is 2.11. The van der Waals surface area contributed by atoms with E-state index in [-0.39, 0.29) is 29.6 Å². The van der Waals surface area contributed by atoms with Gasteiger partial charge < -0.3 is 10.5 Å². The SMILES string of the molecule is CC(C)Cn1c(N)c(C(=O)CN2CCN(CCOc3ccccc3)CC2)c(=O)n(C)c1=O. The second-order valence-corrected chi connectivity index (χ2v) is 8.61. The molecule has 1 aliphatic rings. The van der Waals surface area contributed by atoms with E-state index >= 15 is 0 Å². The molecule has 1 fully saturated rings. The lowest BCUT2D eigenvalue weighted by molar-refractivity contribution is 0.0829. The van der Waals surface area contributed by atoms with E-state index in [2.05, 4.69) is 4.90 Å². The van der Waals surface area contributed by atoms with Gasteiger partial charge >= 0.3 is 5.69 Å². The van der Waals surface area contributed by atoms with E-state index in [0.29, 0.717) is 26.2 Å². The highest BCUT2D eigenvalue weighted by Gasteiger charge is 2.25. The summed E-state index contributed by atoms with van der Waals surface area (Å²) in [4.78, 5) is 42.4. The fraction of sp³-hybridized carbons (Fsp3) is 0.522. The van der Waals surface area contributed by atoms with E-state index in [9.17, 15) is 14.4 Å². The van der Waals surface area contributed by atoms with Crippen LogP contribution in [0.2, 0.25) is 0 Å². The first-order valence-corrected chi connectivity index (χ1v) is 11.0. The summed E-state index contributed by atoms with van der Waals surface area (Å²) in [6, 6.07) is 9.71. The van der Waals surface area contributed by atoms with Gasteiger partial charge in [-0.3, -0.25) is 28.5 Å². The van der Waals surface area contributed by atoms with Crippen LogP contribution in [0.25, 0.3) is 0 Å². The van der Waals surface area contributed by atoms with Gasteiger partial charge in [-0.05, 0) is 18.1 Å². The number of nitrogens with two attached hydrogens (primary N) is 1. The van der Waals surface area contributed by atoms with Gasteiger partial charge in [0.1, 0.15) is 23.7 Å². The molecule has 174 valence electrons. The van der Waals surface area contributed by atoms with Crippen molar-refractivity contribution < 1.29 is 9.53 Å². The zero-order valence-corrected chi connectivity index (χ0v) is 19.1. The average molecular weight is 444 g/mol. The zero-order valence-electron chi connectivity index (χ0n) is 19.1. The summed E-state index contributed by atoms with van der Waals surface area (Å²) in [5.41, 5.74) is 4.90. The molecule has 2 N–H and O–H groups in total. The molecule has 9 nitrogen and oxygen atoms in total. The van der Waals surface area contributed by atoms with E-state index in [4.69, 9.17) is 10.5 Å². The molecular formula is C23H33N5O4. The second kappa shape index (κ2) is 10.6. The summed E-state index contributed by atoms with van der Waals surface area (Å²) in [5.74, 6) is 0.624. The summed E-state index contributed by atoms with van der Waals surface area (Å²) >= 11 is 0. The minimum atomic E-state index is -0.630. The Morgan fingerprint density at radius 2 is 1.69 bits per heavy atom. The minimum absolute atomic E-state index is 0.0338. The molecule has 0 spiro atoms. The molecule has 0 saturated carbocycles. The summed E-state index contributed by atoms with van der Waals surface area (Å²) in [5, 5.41) is 0. The molecule has 0 radical (unpaired) electrons. The number of piperazine rings is 1. The van der Waals surface area contributed by atoms with Crippen molar-refractivity contribution in [3.05, 3.63) is 56.7 Å². The smallest absolute Gasteiger partial charge is 0.332 e. The van der Waals surface area contributed by atoms with Crippen molar-refractivity contribution >= 4 is 11.6 Å². The van der Waals surface area contributed by atoms with Gasteiger partial charge in [0.15, 0.2) is 5.78 Å². The molecular weight excluding hydrogens is 410 g/mol. The van der Waals surface area contributed by atoms with Crippen LogP contribution in [0.1, 0.15) is 24.2 Å². The first-order valence-electron chi connectivity index (χ1n) is 11.0. The van der Waals surface area contributed by atoms with Gasteiger partial charge in [-0.2, -0.15) is 0 Å². The van der Waals surface area contributed by atoms with Crippen molar-refractivity contribution in [2.45, 2.75) is 20.4 Å². The first kappa shape index (κ1) is 23.7. The van der Waals surface area contributed by atoms with Crippen molar-refractivity contribution in [3.8, 4) is 5.75 Å². The molecule has 2 aromatic rings. The maximum absolute atomic E-state index is 13.0. The van der Waals surface area contributed by atoms with Crippen LogP contribution in [0, 0.1) is 5.92 Å². The Morgan fingerprint density at radius 3 is 2.31 bits per heavy atom. The average Bonchev–Trinajstić information content (AvgIpc) is 2.77. The number of Topliss-reactive ketones (excluding diaryl/α,β-unsaturated/α-hetero) is 1. The third-order valence-corrected chi connectivity index (χ3v) is 5.66. The van der Waals surface area contributed by atoms with Crippen LogP contribution in [-0.4, -0.2) is 70.6 Å². The molecule has 2 heterocycles. The van der Waals surface area contributed by atoms with Crippen molar-refractivity contribution in [2.75, 3.05) is 51.6 Å². The standard InChI is InChI=1S/C23H33N5O4/c1-17(2)15-28-21(24)20(22(30)25(3)23(28)31)19(29)16-27-11-9-26(10-12-27)13-14-32-18-7-5-4-6-8-18/h4-8,17H,9-16,24H2,1-3H3. The topological polar surface area (TPSA) is 103 Å². The molecule has 1 aliphatic heterocycles. The highest BCUT2D eigenvalue weighted by molar-refractivity contribution is 6.01. The molecule has 1 saturated heterocycles. The van der Waals surface area contributed by atoms with Crippen LogP contribution in [0.5, 0.6) is 5.75 Å². The number of anilines is 1. The van der Waals surface area contributed by atoms with Gasteiger partial charge in [-0.25, -0.2) is 4.79 Å². The van der Waals surface area contributed by atoms with Crippen molar-refractivity contribution in [2.24, 2.45) is 13.0 Å². The van der Waals surface area contributed by atoms with Gasteiger partial charge in [0.2, 0.25) is 0 Å². The number of nitrogens with zero attached hydrogens (tertiary/aromatic N) is 4. The lowest BCUT2D eigenvalue weighted by Crippen LogP contribution is -2.50. The third-order valence-electron chi connectivity index (χ3n) is 5.66. The second-order valence-electron chi connectivity index (χ2n) is 8.61. The van der Waals surface area contributed by atoms with Gasteiger partial charge in [0.05, 0.1) is 6.54 Å². The molecule has 0 amide bonds. The summed E-state index contributed by atoms with van der Waals surface area (Å²) in [7, 11) is 1.38. The number of rotatable bonds is 9. The lowest BCUT2D eigenvalue weighted by Gasteiger charge is -2.34. The Morgan fingerprint density at radius 1 is 1.06 bits per heavy atom. The number of carbonyl (C=O) groups excluding carboxylic acids is 1. The van der Waals surface area contributed by atoms with Crippen LogP contribution < -0.4 is 21.7 Å². The van der Waals surface area contributed by atoms with Gasteiger partial charge in [0, 0.05) is 46.3 Å². The van der Waals surface area contributed by atoms with E-state index in [1.165, 1.54) is 11.6 Å². The van der Waals surface area contributed by atoms with Crippen LogP contribution in [0.4, 0.5) is 5.82 Å². The Balaban J connectivity index is 1.57. The number of benzene rings is 1. The molecule has 0 atom stereocenters. The summed E-state index contributed by atoms with van der Waals surface area (Å²) in [6.07, 6.45) is 0. The first-order chi connectivity index (χ1) is 15.3. The fourth-order valence-electron chi connectivity index (χ4n) is 3.85. The summed E-state index contributed by atoms with van der Waals surface area (Å²) < 4.78 is 8.05. The Labute approximate surface area is 188 Å². The predicted octanol–water partition coefficient (Wildman–Crippen LogP) is 0.665. The zero-order chi connectivity index (χ0) is 23.3. The third kappa shape index (κ3) is 5.66. The van der Waals surface area contributed by atoms with E-state index in [1.54, 1.807) is 0 Å². The van der Waals surface area contributed by atoms with Crippen LogP contribution in [0.15, 0.2) is 39.9 Å². The monoisotopic (exact) mass is 443 g/mol. The van der Waals surface area contributed by atoms with Crippen molar-refractivity contribution in [1.29, 1.82) is 0 Å². The maximum Gasteiger partial charge on any atom is 0.332 e. The Hall–Kier alpha value is -2.91. The number of ether oxygens (including phenoxy) is 1. The Bertz CT molecular complexity index is 1040. The van der Waals surface area contributed by atoms with Crippen LogP contribution in [-0.2, 0) is 13.6 Å². The molecule has 9 heteroatoms. The number of para-hydroxylation sites is 1. The molecule has 32 heavy (non-hydrogen) atoms. The van der Waals surface area contributed by atoms with E-state index < -0.39 is 11.2 Å². The highest BCUT2D eigenvalue weighted by atomic mass is 16.5. The van der Waals surface area contributed by atoms with E-state index in [1.807, 2.05) is 49.1 Å². The molecule has 0 aliphatic carbocycles. The largest absolute Gasteiger partial charge is 0.492 e. The maximum atomic E-state index is 13.0. The van der Waals surface area contributed by atoms with Crippen LogP contribution >= 0.6 is 0 Å². The number of carbonyl (C=O) groups is 1. The molecule has 0 unspecified atom stereocenters. The Kier molecular flexibility index (Phi) is 7.87. The van der Waals surface area contributed by atoms with Gasteiger partial charge in [0.25, 0.3) is 5.56 Å². The lowest BCUT2D eigenvalue weighted by atomic mass is 10.1.